The number of rotatable bonds is 1. The lowest BCUT2D eigenvalue weighted by Gasteiger charge is -2.50. The van der Waals surface area contributed by atoms with Crippen LogP contribution in [0.15, 0.2) is 24.3 Å². The van der Waals surface area contributed by atoms with Gasteiger partial charge in [-0.05, 0) is 49.9 Å². The van der Waals surface area contributed by atoms with Crippen molar-refractivity contribution in [3.63, 3.8) is 0 Å². The first-order valence-corrected chi connectivity index (χ1v) is 9.34. The van der Waals surface area contributed by atoms with Crippen LogP contribution >= 0.6 is 0 Å². The molecule has 1 aromatic carbocycles. The van der Waals surface area contributed by atoms with Gasteiger partial charge in [0.15, 0.2) is 0 Å². The van der Waals surface area contributed by atoms with E-state index in [0.29, 0.717) is 6.04 Å². The largest absolute Gasteiger partial charge is 0.381 e. The Hall–Kier alpha value is -1.39. The number of fused-ring (bicyclic) bond motifs is 2. The van der Waals surface area contributed by atoms with Crippen LogP contribution in [0.4, 0.5) is 0 Å². The minimum Gasteiger partial charge on any atom is -0.381 e. The molecule has 3 aliphatic heterocycles. The first-order valence-electron chi connectivity index (χ1n) is 9.34. The maximum absolute atomic E-state index is 12.0. The van der Waals surface area contributed by atoms with E-state index < -0.39 is 0 Å². The van der Waals surface area contributed by atoms with Gasteiger partial charge in [-0.3, -0.25) is 4.79 Å². The van der Waals surface area contributed by atoms with Gasteiger partial charge in [-0.25, -0.2) is 0 Å². The van der Waals surface area contributed by atoms with Crippen LogP contribution in [0.3, 0.4) is 0 Å². The van der Waals surface area contributed by atoms with Crippen LogP contribution in [-0.2, 0) is 21.5 Å². The van der Waals surface area contributed by atoms with Gasteiger partial charge in [0, 0.05) is 44.7 Å². The number of carbonyl (C=O) groups is 1. The van der Waals surface area contributed by atoms with Crippen LogP contribution in [0.2, 0.25) is 0 Å². The van der Waals surface area contributed by atoms with Crippen LogP contribution in [0, 0.1) is 0 Å². The Morgan fingerprint density at radius 1 is 1.17 bits per heavy atom. The molecule has 1 spiro atoms. The van der Waals surface area contributed by atoms with E-state index in [9.17, 15) is 4.79 Å². The monoisotopic (exact) mass is 328 g/mol. The quantitative estimate of drug-likeness (QED) is 0.794. The van der Waals surface area contributed by atoms with Crippen LogP contribution in [0.1, 0.15) is 43.7 Å². The fourth-order valence-corrected chi connectivity index (χ4v) is 4.91. The normalized spacial score (nSPS) is 24.8. The number of ether oxygens (including phenoxy) is 1. The highest BCUT2D eigenvalue weighted by molar-refractivity contribution is 5.74. The van der Waals surface area contributed by atoms with Gasteiger partial charge in [-0.1, -0.05) is 24.3 Å². The number of likely N-dealkylation sites (tertiary alicyclic amines) is 1. The molecule has 0 unspecified atom stereocenters. The Kier molecular flexibility index (Phi) is 4.35. The average Bonchev–Trinajstić information content (AvgIpc) is 2.63. The molecule has 0 N–H and O–H groups in total. The molecule has 1 aromatic rings. The summed E-state index contributed by atoms with van der Waals surface area (Å²) in [5, 5.41) is 0. The summed E-state index contributed by atoms with van der Waals surface area (Å²) in [6.45, 7) is 7.48. The Morgan fingerprint density at radius 2 is 1.88 bits per heavy atom. The number of amides is 1. The highest BCUT2D eigenvalue weighted by Crippen LogP contribution is 2.42. The lowest BCUT2D eigenvalue weighted by atomic mass is 9.68. The van der Waals surface area contributed by atoms with Gasteiger partial charge in [0.2, 0.25) is 5.91 Å². The van der Waals surface area contributed by atoms with Crippen molar-refractivity contribution < 1.29 is 9.53 Å². The topological polar surface area (TPSA) is 32.8 Å². The van der Waals surface area contributed by atoms with Gasteiger partial charge < -0.3 is 14.5 Å². The first kappa shape index (κ1) is 16.1. The third-order valence-electron chi connectivity index (χ3n) is 6.35. The Balaban J connectivity index is 1.55. The van der Waals surface area contributed by atoms with Gasteiger partial charge in [-0.15, -0.1) is 0 Å². The van der Waals surface area contributed by atoms with Crippen molar-refractivity contribution in [2.45, 2.75) is 50.6 Å². The van der Waals surface area contributed by atoms with Crippen molar-refractivity contribution in [1.82, 2.24) is 9.80 Å². The Bertz CT molecular complexity index is 601. The summed E-state index contributed by atoms with van der Waals surface area (Å²) in [4.78, 5) is 16.8. The molecular formula is C20H28N2O2. The van der Waals surface area contributed by atoms with Crippen molar-refractivity contribution in [2.75, 3.05) is 32.8 Å². The summed E-state index contributed by atoms with van der Waals surface area (Å²) >= 11 is 0. The number of hydrogen-bond acceptors (Lipinski definition) is 3. The van der Waals surface area contributed by atoms with Gasteiger partial charge in [0.1, 0.15) is 0 Å². The van der Waals surface area contributed by atoms with E-state index in [2.05, 4.69) is 29.2 Å². The molecule has 4 nitrogen and oxygen atoms in total. The molecule has 0 bridgehead atoms. The molecule has 2 fully saturated rings. The predicted octanol–water partition coefficient (Wildman–Crippen LogP) is 2.56. The summed E-state index contributed by atoms with van der Waals surface area (Å²) in [5.41, 5.74) is 3.00. The predicted molar refractivity (Wildman–Crippen MR) is 93.9 cm³/mol. The van der Waals surface area contributed by atoms with Gasteiger partial charge in [-0.2, -0.15) is 0 Å². The number of hydrogen-bond donors (Lipinski definition) is 0. The average molecular weight is 328 g/mol. The highest BCUT2D eigenvalue weighted by atomic mass is 16.5. The van der Waals surface area contributed by atoms with E-state index in [1.54, 1.807) is 6.92 Å². The molecule has 3 heterocycles. The van der Waals surface area contributed by atoms with Crippen molar-refractivity contribution in [3.8, 4) is 0 Å². The maximum atomic E-state index is 12.0. The van der Waals surface area contributed by atoms with Gasteiger partial charge in [0.05, 0.1) is 0 Å². The third kappa shape index (κ3) is 2.86. The fourth-order valence-electron chi connectivity index (χ4n) is 4.91. The molecule has 0 aromatic heterocycles. The summed E-state index contributed by atoms with van der Waals surface area (Å²) in [6.07, 6.45) is 4.66. The molecule has 0 aliphatic carbocycles. The van der Waals surface area contributed by atoms with Crippen molar-refractivity contribution in [3.05, 3.63) is 35.4 Å². The molecule has 130 valence electrons. The minimum absolute atomic E-state index is 0.155. The SMILES string of the molecule is CC(=O)N1Cc2ccccc2C2(CCN(C3CCOCC3)CC2)C1. The van der Waals surface area contributed by atoms with E-state index in [4.69, 9.17) is 4.74 Å². The smallest absolute Gasteiger partial charge is 0.219 e. The fraction of sp³-hybridized carbons (Fsp3) is 0.650. The zero-order chi connectivity index (χ0) is 16.6. The zero-order valence-electron chi connectivity index (χ0n) is 14.7. The van der Waals surface area contributed by atoms with E-state index in [0.717, 1.165) is 52.2 Å². The second-order valence-electron chi connectivity index (χ2n) is 7.69. The van der Waals surface area contributed by atoms with Gasteiger partial charge in [0.25, 0.3) is 0 Å². The molecule has 1 amide bonds. The number of carbonyl (C=O) groups excluding carboxylic acids is 1. The molecule has 24 heavy (non-hydrogen) atoms. The first-order chi connectivity index (χ1) is 11.7. The minimum atomic E-state index is 0.155. The molecule has 0 radical (unpaired) electrons. The Morgan fingerprint density at radius 3 is 2.58 bits per heavy atom. The van der Waals surface area contributed by atoms with E-state index in [1.807, 2.05) is 4.90 Å². The summed E-state index contributed by atoms with van der Waals surface area (Å²) < 4.78 is 5.52. The third-order valence-corrected chi connectivity index (χ3v) is 6.35. The summed E-state index contributed by atoms with van der Waals surface area (Å²) in [7, 11) is 0. The zero-order valence-corrected chi connectivity index (χ0v) is 14.7. The standard InChI is InChI=1S/C20H28N2O2/c1-16(23)22-14-17-4-2-3-5-19(17)20(15-22)8-10-21(11-9-20)18-6-12-24-13-7-18/h2-5,18H,6-15H2,1H3. The highest BCUT2D eigenvalue weighted by Gasteiger charge is 2.43. The van der Waals surface area contributed by atoms with Crippen LogP contribution < -0.4 is 0 Å². The van der Waals surface area contributed by atoms with Gasteiger partial charge >= 0.3 is 0 Å². The molecule has 4 heteroatoms. The molecule has 2 saturated heterocycles. The molecular weight excluding hydrogens is 300 g/mol. The second kappa shape index (κ2) is 6.49. The summed E-state index contributed by atoms with van der Waals surface area (Å²) in [6, 6.07) is 9.47. The molecule has 3 aliphatic rings. The van der Waals surface area contributed by atoms with Crippen LogP contribution in [-0.4, -0.2) is 54.6 Å². The van der Waals surface area contributed by atoms with Crippen molar-refractivity contribution in [1.29, 1.82) is 0 Å². The lowest BCUT2D eigenvalue weighted by Crippen LogP contribution is -2.55. The van der Waals surface area contributed by atoms with E-state index in [1.165, 1.54) is 24.0 Å². The maximum Gasteiger partial charge on any atom is 0.219 e. The van der Waals surface area contributed by atoms with Crippen molar-refractivity contribution in [2.24, 2.45) is 0 Å². The number of benzene rings is 1. The number of nitrogens with zero attached hydrogens (tertiary/aromatic N) is 2. The number of piperidine rings is 1. The van der Waals surface area contributed by atoms with Crippen LogP contribution in [0.25, 0.3) is 0 Å². The van der Waals surface area contributed by atoms with Crippen LogP contribution in [0.5, 0.6) is 0 Å². The second-order valence-corrected chi connectivity index (χ2v) is 7.69. The van der Waals surface area contributed by atoms with E-state index in [-0.39, 0.29) is 11.3 Å². The lowest BCUT2D eigenvalue weighted by molar-refractivity contribution is -0.131. The molecule has 4 rings (SSSR count). The van der Waals surface area contributed by atoms with Crippen molar-refractivity contribution >= 4 is 5.91 Å². The molecule has 0 atom stereocenters. The Labute approximate surface area is 144 Å². The van der Waals surface area contributed by atoms with E-state index >= 15 is 0 Å². The molecule has 0 saturated carbocycles. The summed E-state index contributed by atoms with van der Waals surface area (Å²) in [5.74, 6) is 0.204.